The van der Waals surface area contributed by atoms with Crippen molar-refractivity contribution in [3.63, 3.8) is 0 Å². The minimum atomic E-state index is -0.0737. The fraction of sp³-hybridized carbons (Fsp3) is 1.00. The number of hydrogen-bond acceptors (Lipinski definition) is 2. The third kappa shape index (κ3) is 2.66. The fourth-order valence-electron chi connectivity index (χ4n) is 6.39. The van der Waals surface area contributed by atoms with Gasteiger partial charge in [-0.3, -0.25) is 0 Å². The van der Waals surface area contributed by atoms with Crippen LogP contribution >= 0.6 is 0 Å². The first-order valence-corrected chi connectivity index (χ1v) is 9.00. The first-order valence-electron chi connectivity index (χ1n) is 9.00. The monoisotopic (exact) mass is 278 g/mol. The Morgan fingerprint density at radius 2 is 1.70 bits per heavy atom. The zero-order valence-corrected chi connectivity index (χ0v) is 12.7. The summed E-state index contributed by atoms with van der Waals surface area (Å²) in [7, 11) is 0. The SMILES string of the molecule is OC(CCC1CCCO1)CC12CC3CC(CC(C3)C1)C2. The van der Waals surface area contributed by atoms with Crippen molar-refractivity contribution in [2.45, 2.75) is 82.8 Å². The molecule has 0 spiro atoms. The number of hydrogen-bond donors (Lipinski definition) is 1. The van der Waals surface area contributed by atoms with Gasteiger partial charge in [-0.25, -0.2) is 0 Å². The maximum Gasteiger partial charge on any atom is 0.0577 e. The van der Waals surface area contributed by atoms with Crippen LogP contribution in [0, 0.1) is 23.2 Å². The number of rotatable bonds is 5. The lowest BCUT2D eigenvalue weighted by Gasteiger charge is -2.57. The minimum Gasteiger partial charge on any atom is -0.393 e. The van der Waals surface area contributed by atoms with E-state index in [1.54, 1.807) is 0 Å². The van der Waals surface area contributed by atoms with Crippen LogP contribution in [-0.2, 0) is 4.74 Å². The van der Waals surface area contributed by atoms with Crippen molar-refractivity contribution in [2.24, 2.45) is 23.2 Å². The lowest BCUT2D eigenvalue weighted by atomic mass is 9.48. The Balaban J connectivity index is 1.31. The van der Waals surface area contributed by atoms with Gasteiger partial charge in [0, 0.05) is 6.61 Å². The molecule has 0 aromatic rings. The van der Waals surface area contributed by atoms with Crippen molar-refractivity contribution >= 4 is 0 Å². The van der Waals surface area contributed by atoms with Gasteiger partial charge >= 0.3 is 0 Å². The van der Waals surface area contributed by atoms with Crippen LogP contribution in [0.5, 0.6) is 0 Å². The third-order valence-electron chi connectivity index (χ3n) is 6.68. The van der Waals surface area contributed by atoms with E-state index < -0.39 is 0 Å². The molecule has 0 amide bonds. The lowest BCUT2D eigenvalue weighted by molar-refractivity contribution is -0.0778. The Kier molecular flexibility index (Phi) is 3.58. The average molecular weight is 278 g/mol. The van der Waals surface area contributed by atoms with Crippen molar-refractivity contribution in [1.82, 2.24) is 0 Å². The van der Waals surface area contributed by atoms with Crippen LogP contribution in [0.1, 0.15) is 70.6 Å². The molecule has 4 saturated carbocycles. The summed E-state index contributed by atoms with van der Waals surface area (Å²) < 4.78 is 5.69. The zero-order chi connectivity index (χ0) is 13.6. The molecular formula is C18H30O2. The van der Waals surface area contributed by atoms with Crippen molar-refractivity contribution in [3.05, 3.63) is 0 Å². The average Bonchev–Trinajstić information content (AvgIpc) is 2.87. The fourth-order valence-corrected chi connectivity index (χ4v) is 6.39. The third-order valence-corrected chi connectivity index (χ3v) is 6.68. The van der Waals surface area contributed by atoms with Crippen LogP contribution < -0.4 is 0 Å². The molecule has 1 heterocycles. The van der Waals surface area contributed by atoms with Crippen LogP contribution in [0.25, 0.3) is 0 Å². The first kappa shape index (κ1) is 13.6. The summed E-state index contributed by atoms with van der Waals surface area (Å²) in [5, 5.41) is 10.5. The molecule has 4 aliphatic carbocycles. The summed E-state index contributed by atoms with van der Waals surface area (Å²) in [5.41, 5.74) is 0.532. The molecule has 0 aromatic heterocycles. The van der Waals surface area contributed by atoms with E-state index in [0.717, 1.165) is 43.6 Å². The normalized spacial score (nSPS) is 47.9. The largest absolute Gasteiger partial charge is 0.393 e. The standard InChI is InChI=1S/C18H30O2/c19-16(3-4-17-2-1-5-20-17)12-18-9-13-6-14(10-18)8-15(7-13)11-18/h13-17,19H,1-12H2. The van der Waals surface area contributed by atoms with E-state index in [-0.39, 0.29) is 6.10 Å². The molecule has 20 heavy (non-hydrogen) atoms. The maximum atomic E-state index is 10.5. The second kappa shape index (κ2) is 5.28. The highest BCUT2D eigenvalue weighted by Gasteiger charge is 2.51. The number of ether oxygens (including phenoxy) is 1. The highest BCUT2D eigenvalue weighted by Crippen LogP contribution is 2.61. The van der Waals surface area contributed by atoms with Gasteiger partial charge < -0.3 is 9.84 Å². The Hall–Kier alpha value is -0.0800. The van der Waals surface area contributed by atoms with Gasteiger partial charge in [0.2, 0.25) is 0 Å². The Morgan fingerprint density at radius 3 is 2.25 bits per heavy atom. The number of aliphatic hydroxyl groups excluding tert-OH is 1. The first-order chi connectivity index (χ1) is 9.71. The molecule has 2 atom stereocenters. The van der Waals surface area contributed by atoms with Gasteiger partial charge in [0.15, 0.2) is 0 Å². The highest BCUT2D eigenvalue weighted by atomic mass is 16.5. The Morgan fingerprint density at radius 1 is 1.05 bits per heavy atom. The highest BCUT2D eigenvalue weighted by molar-refractivity contribution is 5.02. The maximum absolute atomic E-state index is 10.5. The zero-order valence-electron chi connectivity index (χ0n) is 12.7. The van der Waals surface area contributed by atoms with Gasteiger partial charge in [0.05, 0.1) is 12.2 Å². The number of aliphatic hydroxyl groups is 1. The van der Waals surface area contributed by atoms with Gasteiger partial charge in [0.1, 0.15) is 0 Å². The quantitative estimate of drug-likeness (QED) is 0.826. The molecule has 2 heteroatoms. The van der Waals surface area contributed by atoms with Crippen LogP contribution in [-0.4, -0.2) is 23.9 Å². The lowest BCUT2D eigenvalue weighted by Crippen LogP contribution is -2.47. The summed E-state index contributed by atoms with van der Waals surface area (Å²) in [6.07, 6.45) is 14.7. The molecule has 5 rings (SSSR count). The van der Waals surface area contributed by atoms with E-state index in [0.29, 0.717) is 11.5 Å². The molecule has 5 fully saturated rings. The predicted molar refractivity (Wildman–Crippen MR) is 79.4 cm³/mol. The van der Waals surface area contributed by atoms with Gasteiger partial charge in [0.25, 0.3) is 0 Å². The van der Waals surface area contributed by atoms with Crippen molar-refractivity contribution in [2.75, 3.05) is 6.61 Å². The van der Waals surface area contributed by atoms with Crippen molar-refractivity contribution in [3.8, 4) is 0 Å². The van der Waals surface area contributed by atoms with E-state index in [1.165, 1.54) is 51.4 Å². The molecular weight excluding hydrogens is 248 g/mol. The van der Waals surface area contributed by atoms with Crippen molar-refractivity contribution < 1.29 is 9.84 Å². The van der Waals surface area contributed by atoms with E-state index in [1.807, 2.05) is 0 Å². The van der Waals surface area contributed by atoms with Gasteiger partial charge in [-0.15, -0.1) is 0 Å². The molecule has 2 unspecified atom stereocenters. The van der Waals surface area contributed by atoms with E-state index in [9.17, 15) is 5.11 Å². The topological polar surface area (TPSA) is 29.5 Å². The smallest absolute Gasteiger partial charge is 0.0577 e. The van der Waals surface area contributed by atoms with E-state index >= 15 is 0 Å². The molecule has 2 nitrogen and oxygen atoms in total. The van der Waals surface area contributed by atoms with E-state index in [2.05, 4.69) is 0 Å². The molecule has 5 aliphatic rings. The molecule has 0 aromatic carbocycles. The van der Waals surface area contributed by atoms with Crippen LogP contribution in [0.2, 0.25) is 0 Å². The Labute approximate surface area is 123 Å². The Bertz CT molecular complexity index is 310. The van der Waals surface area contributed by atoms with Gasteiger partial charge in [-0.1, -0.05) is 0 Å². The second-order valence-electron chi connectivity index (χ2n) is 8.49. The summed E-state index contributed by atoms with van der Waals surface area (Å²) in [6.45, 7) is 0.940. The summed E-state index contributed by atoms with van der Waals surface area (Å²) >= 11 is 0. The van der Waals surface area contributed by atoms with Crippen molar-refractivity contribution in [1.29, 1.82) is 0 Å². The molecule has 1 N–H and O–H groups in total. The van der Waals surface area contributed by atoms with E-state index in [4.69, 9.17) is 4.74 Å². The minimum absolute atomic E-state index is 0.0737. The van der Waals surface area contributed by atoms with Gasteiger partial charge in [-0.05, 0) is 93.8 Å². The molecule has 1 aliphatic heterocycles. The molecule has 114 valence electrons. The summed E-state index contributed by atoms with van der Waals surface area (Å²) in [4.78, 5) is 0. The molecule has 1 saturated heterocycles. The molecule has 4 bridgehead atoms. The summed E-state index contributed by atoms with van der Waals surface area (Å²) in [5.74, 6) is 3.02. The second-order valence-corrected chi connectivity index (χ2v) is 8.49. The van der Waals surface area contributed by atoms with Gasteiger partial charge in [-0.2, -0.15) is 0 Å². The molecule has 0 radical (unpaired) electrons. The summed E-state index contributed by atoms with van der Waals surface area (Å²) in [6, 6.07) is 0. The van der Waals surface area contributed by atoms with Crippen LogP contribution in [0.15, 0.2) is 0 Å². The van der Waals surface area contributed by atoms with Crippen LogP contribution in [0.4, 0.5) is 0 Å². The van der Waals surface area contributed by atoms with Crippen LogP contribution in [0.3, 0.4) is 0 Å². The predicted octanol–water partition coefficient (Wildman–Crippen LogP) is 3.91.